The Morgan fingerprint density at radius 3 is 2.66 bits per heavy atom. The molecule has 1 aromatic heterocycles. The van der Waals surface area contributed by atoms with Crippen LogP contribution < -0.4 is 5.32 Å². The number of urea groups is 1. The Balaban J connectivity index is 1.65. The first-order chi connectivity index (χ1) is 14.0. The molecule has 2 heterocycles. The Morgan fingerprint density at radius 1 is 1.14 bits per heavy atom. The van der Waals surface area contributed by atoms with E-state index in [9.17, 15) is 14.4 Å². The van der Waals surface area contributed by atoms with Crippen LogP contribution in [-0.2, 0) is 9.53 Å². The summed E-state index contributed by atoms with van der Waals surface area (Å²) in [5, 5.41) is 3.63. The zero-order chi connectivity index (χ0) is 20.4. The number of carbonyl (C=O) groups is 3. The molecule has 3 amide bonds. The van der Waals surface area contributed by atoms with E-state index >= 15 is 0 Å². The fourth-order valence-corrected chi connectivity index (χ4v) is 3.38. The van der Waals surface area contributed by atoms with Gasteiger partial charge in [0, 0.05) is 29.1 Å². The molecule has 0 aliphatic carbocycles. The van der Waals surface area contributed by atoms with Crippen LogP contribution in [-0.4, -0.2) is 47.5 Å². The Labute approximate surface area is 171 Å². The second-order valence-corrected chi connectivity index (χ2v) is 6.81. The molecule has 1 aliphatic heterocycles. The van der Waals surface area contributed by atoms with Crippen LogP contribution in [0.2, 0.25) is 5.02 Å². The molecule has 0 atom stereocenters. The number of amides is 3. The second-order valence-electron chi connectivity index (χ2n) is 6.41. The number of hydrogen-bond acceptors (Lipinski definition) is 5. The van der Waals surface area contributed by atoms with Crippen LogP contribution in [0.25, 0.3) is 22.2 Å². The van der Waals surface area contributed by atoms with E-state index in [1.807, 2.05) is 24.3 Å². The third-order valence-electron chi connectivity index (χ3n) is 4.57. The number of aromatic nitrogens is 1. The van der Waals surface area contributed by atoms with E-state index in [1.165, 1.54) is 0 Å². The highest BCUT2D eigenvalue weighted by Crippen LogP contribution is 2.30. The Morgan fingerprint density at radius 2 is 1.90 bits per heavy atom. The van der Waals surface area contributed by atoms with Crippen molar-refractivity contribution < 1.29 is 19.1 Å². The first kappa shape index (κ1) is 18.9. The average molecular weight is 410 g/mol. The summed E-state index contributed by atoms with van der Waals surface area (Å²) in [4.78, 5) is 42.1. The highest BCUT2D eigenvalue weighted by atomic mass is 35.5. The molecule has 7 nitrogen and oxygen atoms in total. The number of halogens is 1. The number of rotatable bonds is 4. The summed E-state index contributed by atoms with van der Waals surface area (Å²) >= 11 is 6.29. The standard InChI is InChI=1S/C21H16ClN3O4/c22-16-7-3-1-6-14(16)18-11-15(13-5-2-4-8-17(13)24-18)20(27)29-12-19(26)25-10-9-23-21(25)28/h1-8,11H,9-10,12H2,(H,23,28). The number of fused-ring (bicyclic) bond motifs is 1. The predicted octanol–water partition coefficient (Wildman–Crippen LogP) is 3.26. The minimum atomic E-state index is -0.676. The molecule has 1 N–H and O–H groups in total. The van der Waals surface area contributed by atoms with Gasteiger partial charge >= 0.3 is 12.0 Å². The second kappa shape index (κ2) is 7.89. The molecule has 0 unspecified atom stereocenters. The van der Waals surface area contributed by atoms with Gasteiger partial charge < -0.3 is 10.1 Å². The van der Waals surface area contributed by atoms with Gasteiger partial charge in [-0.2, -0.15) is 0 Å². The van der Waals surface area contributed by atoms with Crippen LogP contribution in [0.15, 0.2) is 54.6 Å². The molecule has 1 saturated heterocycles. The minimum Gasteiger partial charge on any atom is -0.452 e. The lowest BCUT2D eigenvalue weighted by Crippen LogP contribution is -2.37. The average Bonchev–Trinajstić information content (AvgIpc) is 3.17. The molecule has 0 saturated carbocycles. The fourth-order valence-electron chi connectivity index (χ4n) is 3.14. The maximum absolute atomic E-state index is 12.8. The third-order valence-corrected chi connectivity index (χ3v) is 4.90. The molecular formula is C21H16ClN3O4. The zero-order valence-corrected chi connectivity index (χ0v) is 16.0. The van der Waals surface area contributed by atoms with Crippen molar-refractivity contribution in [1.29, 1.82) is 0 Å². The van der Waals surface area contributed by atoms with Crippen molar-refractivity contribution in [2.24, 2.45) is 0 Å². The van der Waals surface area contributed by atoms with Crippen LogP contribution in [0.5, 0.6) is 0 Å². The molecule has 4 rings (SSSR count). The number of ether oxygens (including phenoxy) is 1. The summed E-state index contributed by atoms with van der Waals surface area (Å²) in [6.45, 7) is 0.114. The van der Waals surface area contributed by atoms with E-state index in [0.717, 1.165) is 4.90 Å². The Bertz CT molecular complexity index is 1130. The highest BCUT2D eigenvalue weighted by molar-refractivity contribution is 6.33. The summed E-state index contributed by atoms with van der Waals surface area (Å²) in [5.74, 6) is -1.25. The number of nitrogens with one attached hydrogen (secondary N) is 1. The van der Waals surface area contributed by atoms with Crippen LogP contribution in [0.1, 0.15) is 10.4 Å². The Kier molecular flexibility index (Phi) is 5.14. The topological polar surface area (TPSA) is 88.6 Å². The van der Waals surface area contributed by atoms with Crippen molar-refractivity contribution in [1.82, 2.24) is 15.2 Å². The largest absolute Gasteiger partial charge is 0.452 e. The highest BCUT2D eigenvalue weighted by Gasteiger charge is 2.27. The summed E-state index contributed by atoms with van der Waals surface area (Å²) in [7, 11) is 0. The van der Waals surface area contributed by atoms with E-state index in [4.69, 9.17) is 16.3 Å². The van der Waals surface area contributed by atoms with Crippen molar-refractivity contribution in [3.63, 3.8) is 0 Å². The first-order valence-electron chi connectivity index (χ1n) is 8.94. The van der Waals surface area contributed by atoms with E-state index in [1.54, 1.807) is 30.3 Å². The molecule has 1 aliphatic rings. The van der Waals surface area contributed by atoms with Gasteiger partial charge in [0.2, 0.25) is 0 Å². The van der Waals surface area contributed by atoms with Crippen LogP contribution in [0.4, 0.5) is 4.79 Å². The third kappa shape index (κ3) is 3.77. The van der Waals surface area contributed by atoms with Gasteiger partial charge in [0.15, 0.2) is 6.61 Å². The maximum atomic E-state index is 12.8. The minimum absolute atomic E-state index is 0.254. The van der Waals surface area contributed by atoms with Gasteiger partial charge in [-0.3, -0.25) is 9.69 Å². The molecule has 0 spiro atoms. The summed E-state index contributed by atoms with van der Waals surface area (Å²) < 4.78 is 5.21. The monoisotopic (exact) mass is 409 g/mol. The molecule has 146 valence electrons. The van der Waals surface area contributed by atoms with E-state index in [2.05, 4.69) is 10.3 Å². The number of benzene rings is 2. The summed E-state index contributed by atoms with van der Waals surface area (Å²) in [5.41, 5.74) is 2.07. The van der Waals surface area contributed by atoms with Gasteiger partial charge in [-0.1, -0.05) is 48.0 Å². The number of esters is 1. The number of imide groups is 1. The predicted molar refractivity (Wildman–Crippen MR) is 108 cm³/mol. The normalized spacial score (nSPS) is 13.4. The van der Waals surface area contributed by atoms with Gasteiger partial charge in [-0.15, -0.1) is 0 Å². The number of pyridine rings is 1. The summed E-state index contributed by atoms with van der Waals surface area (Å²) in [6, 6.07) is 15.4. The number of carbonyl (C=O) groups excluding carboxylic acids is 3. The number of hydrogen-bond donors (Lipinski definition) is 1. The molecule has 3 aromatic rings. The molecule has 2 aromatic carbocycles. The molecule has 0 radical (unpaired) electrons. The van der Waals surface area contributed by atoms with Crippen LogP contribution >= 0.6 is 11.6 Å². The SMILES string of the molecule is O=C(OCC(=O)N1CCNC1=O)c1cc(-c2ccccc2Cl)nc2ccccc12. The molecule has 0 bridgehead atoms. The molecule has 29 heavy (non-hydrogen) atoms. The summed E-state index contributed by atoms with van der Waals surface area (Å²) in [6.07, 6.45) is 0. The van der Waals surface area contributed by atoms with E-state index in [-0.39, 0.29) is 12.1 Å². The fraction of sp³-hybridized carbons (Fsp3) is 0.143. The smallest absolute Gasteiger partial charge is 0.339 e. The lowest BCUT2D eigenvalue weighted by Gasteiger charge is -2.13. The van der Waals surface area contributed by atoms with Crippen molar-refractivity contribution in [2.75, 3.05) is 19.7 Å². The van der Waals surface area contributed by atoms with Gasteiger partial charge in [0.1, 0.15) is 0 Å². The van der Waals surface area contributed by atoms with Gasteiger partial charge in [-0.25, -0.2) is 14.6 Å². The van der Waals surface area contributed by atoms with Gasteiger partial charge in [-0.05, 0) is 18.2 Å². The van der Waals surface area contributed by atoms with E-state index in [0.29, 0.717) is 33.7 Å². The lowest BCUT2D eigenvalue weighted by atomic mass is 10.0. The quantitative estimate of drug-likeness (QED) is 0.668. The Hall–Kier alpha value is -3.45. The zero-order valence-electron chi connectivity index (χ0n) is 15.2. The van der Waals surface area contributed by atoms with Crippen molar-refractivity contribution >= 4 is 40.4 Å². The lowest BCUT2D eigenvalue weighted by molar-refractivity contribution is -0.130. The molecular weight excluding hydrogens is 394 g/mol. The maximum Gasteiger partial charge on any atom is 0.339 e. The van der Waals surface area contributed by atoms with Crippen LogP contribution in [0.3, 0.4) is 0 Å². The van der Waals surface area contributed by atoms with Gasteiger partial charge in [0.25, 0.3) is 5.91 Å². The molecule has 8 heteroatoms. The van der Waals surface area contributed by atoms with Crippen molar-refractivity contribution in [3.8, 4) is 11.3 Å². The number of nitrogens with zero attached hydrogens (tertiary/aromatic N) is 2. The van der Waals surface area contributed by atoms with Crippen LogP contribution in [0, 0.1) is 0 Å². The number of para-hydroxylation sites is 1. The van der Waals surface area contributed by atoms with E-state index < -0.39 is 24.5 Å². The van der Waals surface area contributed by atoms with Crippen molar-refractivity contribution in [2.45, 2.75) is 0 Å². The first-order valence-corrected chi connectivity index (χ1v) is 9.32. The van der Waals surface area contributed by atoms with Gasteiger partial charge in [0.05, 0.1) is 16.8 Å². The van der Waals surface area contributed by atoms with Crippen molar-refractivity contribution in [3.05, 3.63) is 65.2 Å². The molecule has 1 fully saturated rings.